The molecule has 26 heavy (non-hydrogen) atoms. The molecule has 132 valence electrons. The van der Waals surface area contributed by atoms with Crippen molar-refractivity contribution in [3.63, 3.8) is 0 Å². The first-order chi connectivity index (χ1) is 12.7. The second-order valence-corrected chi connectivity index (χ2v) is 7.35. The van der Waals surface area contributed by atoms with Gasteiger partial charge in [0.15, 0.2) is 0 Å². The van der Waals surface area contributed by atoms with E-state index in [0.29, 0.717) is 17.9 Å². The van der Waals surface area contributed by atoms with E-state index in [1.54, 1.807) is 17.5 Å². The van der Waals surface area contributed by atoms with Gasteiger partial charge >= 0.3 is 0 Å². The minimum absolute atomic E-state index is 0.123. The van der Waals surface area contributed by atoms with Crippen LogP contribution in [0.3, 0.4) is 0 Å². The summed E-state index contributed by atoms with van der Waals surface area (Å²) in [6.07, 6.45) is 6.23. The van der Waals surface area contributed by atoms with Crippen molar-refractivity contribution < 1.29 is 4.79 Å². The molecular weight excluding hydrogens is 344 g/mol. The molecule has 1 aliphatic carbocycles. The number of nitrogens with one attached hydrogen (secondary N) is 1. The van der Waals surface area contributed by atoms with Gasteiger partial charge in [0.1, 0.15) is 10.8 Å². The summed E-state index contributed by atoms with van der Waals surface area (Å²) in [4.78, 5) is 26.1. The highest BCUT2D eigenvalue weighted by molar-refractivity contribution is 7.13. The number of nitrogens with zero attached hydrogens (tertiary/aromatic N) is 3. The van der Waals surface area contributed by atoms with Crippen LogP contribution in [0.5, 0.6) is 0 Å². The second-order valence-electron chi connectivity index (χ2n) is 6.46. The molecular formula is C20H20N4OS. The SMILES string of the molecule is Cc1nc(CNC(=O)c2cccc(-c3nccs3)c2)nc2c1CCCC2. The van der Waals surface area contributed by atoms with Gasteiger partial charge in [0.2, 0.25) is 0 Å². The highest BCUT2D eigenvalue weighted by atomic mass is 32.1. The Kier molecular flexibility index (Phi) is 4.75. The van der Waals surface area contributed by atoms with E-state index in [1.807, 2.05) is 36.6 Å². The maximum atomic E-state index is 12.5. The molecule has 1 aromatic carbocycles. The van der Waals surface area contributed by atoms with Crippen molar-refractivity contribution in [3.8, 4) is 10.6 Å². The minimum Gasteiger partial charge on any atom is -0.345 e. The van der Waals surface area contributed by atoms with Gasteiger partial charge in [-0.05, 0) is 50.3 Å². The van der Waals surface area contributed by atoms with Crippen LogP contribution in [0.4, 0.5) is 0 Å². The van der Waals surface area contributed by atoms with Crippen molar-refractivity contribution in [2.45, 2.75) is 39.2 Å². The first-order valence-electron chi connectivity index (χ1n) is 8.84. The van der Waals surface area contributed by atoms with Gasteiger partial charge in [0, 0.05) is 34.1 Å². The largest absolute Gasteiger partial charge is 0.345 e. The highest BCUT2D eigenvalue weighted by Crippen LogP contribution is 2.23. The minimum atomic E-state index is -0.123. The average molecular weight is 364 g/mol. The van der Waals surface area contributed by atoms with Crippen molar-refractivity contribution in [2.24, 2.45) is 0 Å². The number of rotatable bonds is 4. The van der Waals surface area contributed by atoms with E-state index >= 15 is 0 Å². The van der Waals surface area contributed by atoms with Crippen molar-refractivity contribution in [2.75, 3.05) is 0 Å². The van der Waals surface area contributed by atoms with E-state index in [1.165, 1.54) is 18.4 Å². The van der Waals surface area contributed by atoms with Crippen LogP contribution in [0.25, 0.3) is 10.6 Å². The third-order valence-electron chi connectivity index (χ3n) is 4.65. The van der Waals surface area contributed by atoms with E-state index in [9.17, 15) is 4.79 Å². The summed E-state index contributed by atoms with van der Waals surface area (Å²) in [5.74, 6) is 0.565. The summed E-state index contributed by atoms with van der Waals surface area (Å²) in [6, 6.07) is 7.52. The van der Waals surface area contributed by atoms with E-state index in [2.05, 4.69) is 20.3 Å². The van der Waals surface area contributed by atoms with Crippen LogP contribution in [-0.4, -0.2) is 20.9 Å². The lowest BCUT2D eigenvalue weighted by atomic mass is 9.95. The molecule has 0 unspecified atom stereocenters. The van der Waals surface area contributed by atoms with Crippen LogP contribution >= 0.6 is 11.3 Å². The molecule has 2 aromatic heterocycles. The molecule has 0 spiro atoms. The molecule has 2 heterocycles. The lowest BCUT2D eigenvalue weighted by Gasteiger charge is -2.17. The number of aromatic nitrogens is 3. The van der Waals surface area contributed by atoms with Gasteiger partial charge in [0.05, 0.1) is 6.54 Å². The molecule has 5 nitrogen and oxygen atoms in total. The average Bonchev–Trinajstić information content (AvgIpc) is 3.21. The second kappa shape index (κ2) is 7.33. The maximum Gasteiger partial charge on any atom is 0.251 e. The van der Waals surface area contributed by atoms with Gasteiger partial charge in [-0.2, -0.15) is 0 Å². The van der Waals surface area contributed by atoms with Crippen molar-refractivity contribution in [3.05, 3.63) is 64.2 Å². The van der Waals surface area contributed by atoms with Crippen LogP contribution in [0.2, 0.25) is 0 Å². The Labute approximate surface area is 156 Å². The van der Waals surface area contributed by atoms with Gasteiger partial charge in [0.25, 0.3) is 5.91 Å². The Morgan fingerprint density at radius 1 is 1.23 bits per heavy atom. The fraction of sp³-hybridized carbons (Fsp3) is 0.300. The first-order valence-corrected chi connectivity index (χ1v) is 9.72. The van der Waals surface area contributed by atoms with E-state index in [-0.39, 0.29) is 5.91 Å². The van der Waals surface area contributed by atoms with E-state index in [4.69, 9.17) is 0 Å². The number of fused-ring (bicyclic) bond motifs is 1. The molecule has 0 radical (unpaired) electrons. The quantitative estimate of drug-likeness (QED) is 0.766. The smallest absolute Gasteiger partial charge is 0.251 e. The molecule has 1 amide bonds. The molecule has 0 saturated carbocycles. The summed E-state index contributed by atoms with van der Waals surface area (Å²) < 4.78 is 0. The Balaban J connectivity index is 1.48. The first kappa shape index (κ1) is 16.8. The Morgan fingerprint density at radius 3 is 2.96 bits per heavy atom. The number of carbonyl (C=O) groups is 1. The summed E-state index contributed by atoms with van der Waals surface area (Å²) in [7, 11) is 0. The molecule has 0 saturated heterocycles. The molecule has 0 aliphatic heterocycles. The summed E-state index contributed by atoms with van der Waals surface area (Å²) in [5, 5.41) is 5.78. The maximum absolute atomic E-state index is 12.5. The lowest BCUT2D eigenvalue weighted by Crippen LogP contribution is -2.25. The van der Waals surface area contributed by atoms with Crippen LogP contribution in [-0.2, 0) is 19.4 Å². The number of thiazole rings is 1. The Bertz CT molecular complexity index is 937. The third-order valence-corrected chi connectivity index (χ3v) is 5.47. The van der Waals surface area contributed by atoms with Crippen molar-refractivity contribution >= 4 is 17.2 Å². The van der Waals surface area contributed by atoms with Crippen LogP contribution < -0.4 is 5.32 Å². The number of amides is 1. The highest BCUT2D eigenvalue weighted by Gasteiger charge is 2.16. The number of benzene rings is 1. The van der Waals surface area contributed by atoms with Gasteiger partial charge < -0.3 is 5.32 Å². The molecule has 0 bridgehead atoms. The zero-order valence-electron chi connectivity index (χ0n) is 14.7. The molecule has 1 aliphatic rings. The van der Waals surface area contributed by atoms with Crippen LogP contribution in [0.1, 0.15) is 46.0 Å². The normalized spacial score (nSPS) is 13.3. The van der Waals surface area contributed by atoms with Gasteiger partial charge in [-0.1, -0.05) is 12.1 Å². The Hall–Kier alpha value is -2.60. The molecule has 0 fully saturated rings. The summed E-state index contributed by atoms with van der Waals surface area (Å²) >= 11 is 1.56. The lowest BCUT2D eigenvalue weighted by molar-refractivity contribution is 0.0950. The predicted molar refractivity (Wildman–Crippen MR) is 102 cm³/mol. The topological polar surface area (TPSA) is 67.8 Å². The van der Waals surface area contributed by atoms with E-state index in [0.717, 1.165) is 34.8 Å². The zero-order chi connectivity index (χ0) is 17.9. The molecule has 1 N–H and O–H groups in total. The zero-order valence-corrected chi connectivity index (χ0v) is 15.5. The summed E-state index contributed by atoms with van der Waals surface area (Å²) in [6.45, 7) is 2.38. The number of hydrogen-bond donors (Lipinski definition) is 1. The number of hydrogen-bond acceptors (Lipinski definition) is 5. The fourth-order valence-corrected chi connectivity index (χ4v) is 3.98. The third kappa shape index (κ3) is 3.51. The Morgan fingerprint density at radius 2 is 2.12 bits per heavy atom. The van der Waals surface area contributed by atoms with Crippen molar-refractivity contribution in [1.82, 2.24) is 20.3 Å². The number of aryl methyl sites for hydroxylation is 2. The molecule has 3 aromatic rings. The van der Waals surface area contributed by atoms with Gasteiger partial charge in [-0.15, -0.1) is 11.3 Å². The molecule has 0 atom stereocenters. The van der Waals surface area contributed by atoms with Crippen LogP contribution in [0.15, 0.2) is 35.8 Å². The van der Waals surface area contributed by atoms with Gasteiger partial charge in [-0.25, -0.2) is 15.0 Å². The van der Waals surface area contributed by atoms with Gasteiger partial charge in [-0.3, -0.25) is 4.79 Å². The van der Waals surface area contributed by atoms with E-state index < -0.39 is 0 Å². The molecule has 4 rings (SSSR count). The number of carbonyl (C=O) groups excluding carboxylic acids is 1. The monoisotopic (exact) mass is 364 g/mol. The van der Waals surface area contributed by atoms with Crippen molar-refractivity contribution in [1.29, 1.82) is 0 Å². The molecule has 6 heteroatoms. The standard InChI is InChI=1S/C20H20N4OS/c1-13-16-7-2-3-8-17(16)24-18(23-13)12-22-19(25)14-5-4-6-15(11-14)20-21-9-10-26-20/h4-6,9-11H,2-3,7-8,12H2,1H3,(H,22,25). The fourth-order valence-electron chi connectivity index (χ4n) is 3.34. The van der Waals surface area contributed by atoms with Crippen LogP contribution in [0, 0.1) is 6.92 Å². The summed E-state index contributed by atoms with van der Waals surface area (Å²) in [5.41, 5.74) is 5.06. The predicted octanol–water partition coefficient (Wildman–Crippen LogP) is 3.72.